The van der Waals surface area contributed by atoms with E-state index in [2.05, 4.69) is 14.7 Å². The van der Waals surface area contributed by atoms with Crippen LogP contribution in [0.1, 0.15) is 11.3 Å². The van der Waals surface area contributed by atoms with Crippen molar-refractivity contribution in [3.8, 4) is 11.3 Å². The van der Waals surface area contributed by atoms with Crippen LogP contribution in [0.3, 0.4) is 0 Å². The quantitative estimate of drug-likeness (QED) is 0.621. The minimum absolute atomic E-state index is 0.132. The fourth-order valence-corrected chi connectivity index (χ4v) is 4.49. The number of fused-ring (bicyclic) bond motifs is 1. The molecule has 0 spiro atoms. The number of pyridine rings is 1. The van der Waals surface area contributed by atoms with Crippen LogP contribution in [0.15, 0.2) is 58.4 Å². The van der Waals surface area contributed by atoms with Gasteiger partial charge in [0.2, 0.25) is 0 Å². The second kappa shape index (κ2) is 7.29. The molecule has 0 saturated heterocycles. The van der Waals surface area contributed by atoms with E-state index in [4.69, 9.17) is 28.9 Å². The van der Waals surface area contributed by atoms with Crippen molar-refractivity contribution in [1.82, 2.24) is 4.98 Å². The van der Waals surface area contributed by atoms with Gasteiger partial charge in [0.25, 0.3) is 10.0 Å². The smallest absolute Gasteiger partial charge is 0.262 e. The van der Waals surface area contributed by atoms with E-state index >= 15 is 0 Å². The molecule has 6 nitrogen and oxygen atoms in total. The SMILES string of the molecule is NC1=NCc2ccc(-c3ccc(S(=O)(=O)Nc4cccc(Cl)c4F)cc3Cl)nc21. The van der Waals surface area contributed by atoms with Gasteiger partial charge in [0.15, 0.2) is 5.82 Å². The largest absolute Gasteiger partial charge is 0.382 e. The van der Waals surface area contributed by atoms with Gasteiger partial charge in [-0.15, -0.1) is 0 Å². The first-order valence-electron chi connectivity index (χ1n) is 8.33. The number of sulfonamides is 1. The van der Waals surface area contributed by atoms with Crippen LogP contribution in [0.4, 0.5) is 10.1 Å². The Kier molecular flexibility index (Phi) is 4.94. The Morgan fingerprint density at radius 2 is 1.86 bits per heavy atom. The van der Waals surface area contributed by atoms with Gasteiger partial charge in [-0.3, -0.25) is 9.71 Å². The lowest BCUT2D eigenvalue weighted by atomic mass is 10.1. The Hall–Kier alpha value is -2.68. The molecule has 0 amide bonds. The normalized spacial score (nSPS) is 13.1. The molecule has 3 N–H and O–H groups in total. The van der Waals surface area contributed by atoms with Crippen molar-refractivity contribution in [2.45, 2.75) is 11.4 Å². The van der Waals surface area contributed by atoms with E-state index in [1.165, 1.54) is 36.4 Å². The highest BCUT2D eigenvalue weighted by atomic mass is 35.5. The average molecular weight is 451 g/mol. The number of halogens is 3. The third-order valence-electron chi connectivity index (χ3n) is 4.36. The standard InChI is InChI=1S/C19H13Cl2FN4O2S/c20-13-2-1-3-16(17(13)22)26-29(27,28)11-5-6-12(14(21)8-11)15-7-4-10-9-24-19(23)18(10)25-15/h1-8,26H,9H2,(H2,23,24). The molecule has 2 aromatic carbocycles. The van der Waals surface area contributed by atoms with E-state index in [9.17, 15) is 12.8 Å². The molecule has 4 rings (SSSR count). The summed E-state index contributed by atoms with van der Waals surface area (Å²) in [6, 6.07) is 11.8. The molecule has 10 heteroatoms. The summed E-state index contributed by atoms with van der Waals surface area (Å²) in [6.45, 7) is 0.477. The van der Waals surface area contributed by atoms with Crippen LogP contribution in [0, 0.1) is 5.82 Å². The lowest BCUT2D eigenvalue weighted by molar-refractivity contribution is 0.598. The van der Waals surface area contributed by atoms with Crippen LogP contribution in [0.2, 0.25) is 10.0 Å². The monoisotopic (exact) mass is 450 g/mol. The molecule has 1 aliphatic heterocycles. The molecule has 0 aliphatic carbocycles. The number of nitrogens with zero attached hydrogens (tertiary/aromatic N) is 2. The Balaban J connectivity index is 1.68. The highest BCUT2D eigenvalue weighted by molar-refractivity contribution is 7.92. The first kappa shape index (κ1) is 19.6. The van der Waals surface area contributed by atoms with E-state index in [1.54, 1.807) is 6.07 Å². The summed E-state index contributed by atoms with van der Waals surface area (Å²) in [6.07, 6.45) is 0. The number of aliphatic imine (C=N–C) groups is 1. The van der Waals surface area contributed by atoms with Gasteiger partial charge in [0.05, 0.1) is 32.9 Å². The molecule has 0 saturated carbocycles. The van der Waals surface area contributed by atoms with Crippen molar-refractivity contribution in [2.75, 3.05) is 4.72 Å². The van der Waals surface area contributed by atoms with Gasteiger partial charge in [-0.25, -0.2) is 17.8 Å². The van der Waals surface area contributed by atoms with Gasteiger partial charge in [0, 0.05) is 11.1 Å². The van der Waals surface area contributed by atoms with E-state index in [0.717, 1.165) is 5.56 Å². The van der Waals surface area contributed by atoms with Crippen LogP contribution in [-0.4, -0.2) is 19.2 Å². The molecule has 2 heterocycles. The molecule has 3 aromatic rings. The van der Waals surface area contributed by atoms with Crippen LogP contribution < -0.4 is 10.5 Å². The molecule has 0 radical (unpaired) electrons. The zero-order valence-corrected chi connectivity index (χ0v) is 17.0. The number of benzene rings is 2. The van der Waals surface area contributed by atoms with Crippen molar-refractivity contribution in [1.29, 1.82) is 0 Å². The maximum atomic E-state index is 14.0. The summed E-state index contributed by atoms with van der Waals surface area (Å²) in [5, 5.41) is -0.0236. The fourth-order valence-electron chi connectivity index (χ4n) is 2.89. The third-order valence-corrected chi connectivity index (χ3v) is 6.33. The van der Waals surface area contributed by atoms with E-state index in [-0.39, 0.29) is 20.6 Å². The van der Waals surface area contributed by atoms with Crippen LogP contribution in [-0.2, 0) is 16.6 Å². The minimum Gasteiger partial charge on any atom is -0.382 e. The zero-order chi connectivity index (χ0) is 20.8. The first-order chi connectivity index (χ1) is 13.8. The van der Waals surface area contributed by atoms with Crippen LogP contribution in [0.5, 0.6) is 0 Å². The molecule has 148 valence electrons. The number of aromatic nitrogens is 1. The first-order valence-corrected chi connectivity index (χ1v) is 10.6. The second-order valence-electron chi connectivity index (χ2n) is 6.25. The van der Waals surface area contributed by atoms with Crippen molar-refractivity contribution in [3.63, 3.8) is 0 Å². The Morgan fingerprint density at radius 1 is 1.07 bits per heavy atom. The number of nitrogens with two attached hydrogens (primary N) is 1. The molecule has 0 atom stereocenters. The summed E-state index contributed by atoms with van der Waals surface area (Å²) >= 11 is 12.0. The summed E-state index contributed by atoms with van der Waals surface area (Å²) in [5.74, 6) is -0.507. The number of hydrogen-bond donors (Lipinski definition) is 2. The van der Waals surface area contributed by atoms with Crippen molar-refractivity contribution >= 4 is 44.7 Å². The lowest BCUT2D eigenvalue weighted by Crippen LogP contribution is -2.14. The number of hydrogen-bond acceptors (Lipinski definition) is 5. The predicted octanol–water partition coefficient (Wildman–Crippen LogP) is 4.21. The predicted molar refractivity (Wildman–Crippen MR) is 111 cm³/mol. The highest BCUT2D eigenvalue weighted by Crippen LogP contribution is 2.31. The van der Waals surface area contributed by atoms with E-state index in [0.29, 0.717) is 29.3 Å². The topological polar surface area (TPSA) is 97.4 Å². The fraction of sp³-hybridized carbons (Fsp3) is 0.0526. The van der Waals surface area contributed by atoms with Gasteiger partial charge in [-0.2, -0.15) is 0 Å². The molecule has 0 unspecified atom stereocenters. The van der Waals surface area contributed by atoms with Crippen molar-refractivity contribution in [2.24, 2.45) is 10.7 Å². The lowest BCUT2D eigenvalue weighted by Gasteiger charge is -2.12. The summed E-state index contributed by atoms with van der Waals surface area (Å²) in [4.78, 5) is 8.48. The molecular weight excluding hydrogens is 438 g/mol. The Labute approximate surface area is 176 Å². The van der Waals surface area contributed by atoms with Crippen LogP contribution >= 0.6 is 23.2 Å². The van der Waals surface area contributed by atoms with Crippen molar-refractivity contribution in [3.05, 3.63) is 75.7 Å². The summed E-state index contributed by atoms with van der Waals surface area (Å²) in [7, 11) is -4.08. The number of amidine groups is 1. The number of nitrogens with one attached hydrogen (secondary N) is 1. The van der Waals surface area contributed by atoms with Gasteiger partial charge >= 0.3 is 0 Å². The minimum atomic E-state index is -4.08. The van der Waals surface area contributed by atoms with E-state index < -0.39 is 15.8 Å². The van der Waals surface area contributed by atoms with Gasteiger partial charge < -0.3 is 5.73 Å². The molecular formula is C19H13Cl2FN4O2S. The van der Waals surface area contributed by atoms with Crippen LogP contribution in [0.25, 0.3) is 11.3 Å². The molecule has 29 heavy (non-hydrogen) atoms. The molecule has 1 aliphatic rings. The van der Waals surface area contributed by atoms with Gasteiger partial charge in [-0.1, -0.05) is 35.3 Å². The third kappa shape index (κ3) is 3.66. The number of anilines is 1. The van der Waals surface area contributed by atoms with Gasteiger partial charge in [-0.05, 0) is 36.4 Å². The summed E-state index contributed by atoms with van der Waals surface area (Å²) < 4.78 is 41.5. The van der Waals surface area contributed by atoms with Crippen molar-refractivity contribution < 1.29 is 12.8 Å². The Bertz CT molecular complexity index is 1280. The Morgan fingerprint density at radius 3 is 2.62 bits per heavy atom. The average Bonchev–Trinajstić information content (AvgIpc) is 3.05. The highest BCUT2D eigenvalue weighted by Gasteiger charge is 2.21. The van der Waals surface area contributed by atoms with Gasteiger partial charge in [0.1, 0.15) is 11.5 Å². The zero-order valence-electron chi connectivity index (χ0n) is 14.7. The summed E-state index contributed by atoms with van der Waals surface area (Å²) in [5.41, 5.74) is 8.14. The second-order valence-corrected chi connectivity index (χ2v) is 8.75. The number of rotatable bonds is 4. The molecule has 0 bridgehead atoms. The maximum Gasteiger partial charge on any atom is 0.262 e. The molecule has 1 aromatic heterocycles. The van der Waals surface area contributed by atoms with E-state index in [1.807, 2.05) is 6.07 Å². The maximum absolute atomic E-state index is 14.0. The molecule has 0 fully saturated rings.